The smallest absolute Gasteiger partial charge is 0.228 e. The van der Waals surface area contributed by atoms with Crippen LogP contribution < -0.4 is 5.32 Å². The average molecular weight is 468 g/mol. The molecule has 0 bridgehead atoms. The molecule has 2 aromatic heterocycles. The van der Waals surface area contributed by atoms with E-state index in [1.165, 1.54) is 11.5 Å². The van der Waals surface area contributed by atoms with Gasteiger partial charge in [0.2, 0.25) is 5.95 Å². The molecular formula is C20H20Cl2FN5OS. The number of hydrogen-bond donors (Lipinski definition) is 1. The molecule has 1 N–H and O–H groups in total. The van der Waals surface area contributed by atoms with Crippen molar-refractivity contribution in [3.05, 3.63) is 39.6 Å². The number of halogens is 3. The number of ether oxygens (including phenoxy) is 1. The predicted octanol–water partition coefficient (Wildman–Crippen LogP) is 4.97. The summed E-state index contributed by atoms with van der Waals surface area (Å²) in [5.41, 5.74) is 2.27. The van der Waals surface area contributed by atoms with Crippen LogP contribution in [-0.4, -0.2) is 57.8 Å². The lowest BCUT2D eigenvalue weighted by Gasteiger charge is -2.43. The molecule has 10 heteroatoms. The van der Waals surface area contributed by atoms with Crippen molar-refractivity contribution in [1.29, 1.82) is 0 Å². The first kappa shape index (κ1) is 20.3. The van der Waals surface area contributed by atoms with Crippen molar-refractivity contribution < 1.29 is 9.13 Å². The molecule has 2 saturated heterocycles. The van der Waals surface area contributed by atoms with Crippen LogP contribution in [0.2, 0.25) is 10.0 Å². The molecule has 0 aliphatic carbocycles. The average Bonchev–Trinajstić information content (AvgIpc) is 2.99. The summed E-state index contributed by atoms with van der Waals surface area (Å²) in [6.07, 6.45) is 1.44. The molecule has 2 aliphatic heterocycles. The van der Waals surface area contributed by atoms with E-state index in [1.54, 1.807) is 6.20 Å². The molecule has 2 fully saturated rings. The quantitative estimate of drug-likeness (QED) is 0.584. The molecule has 5 rings (SSSR count). The van der Waals surface area contributed by atoms with Crippen LogP contribution in [-0.2, 0) is 4.74 Å². The monoisotopic (exact) mass is 467 g/mol. The van der Waals surface area contributed by atoms with Gasteiger partial charge in [-0.1, -0.05) is 23.2 Å². The van der Waals surface area contributed by atoms with E-state index in [2.05, 4.69) is 24.6 Å². The van der Waals surface area contributed by atoms with Crippen molar-refractivity contribution in [1.82, 2.24) is 19.2 Å². The van der Waals surface area contributed by atoms with Crippen molar-refractivity contribution >= 4 is 56.6 Å². The van der Waals surface area contributed by atoms with Gasteiger partial charge in [0.05, 0.1) is 35.5 Å². The molecule has 2 atom stereocenters. The van der Waals surface area contributed by atoms with Crippen LogP contribution >= 0.6 is 34.7 Å². The summed E-state index contributed by atoms with van der Waals surface area (Å²) in [4.78, 5) is 11.1. The molecule has 0 spiro atoms. The largest absolute Gasteiger partial charge is 0.378 e. The first-order valence-corrected chi connectivity index (χ1v) is 11.3. The summed E-state index contributed by atoms with van der Waals surface area (Å²) in [7, 11) is 0. The zero-order chi connectivity index (χ0) is 20.8. The highest BCUT2D eigenvalue weighted by Crippen LogP contribution is 2.38. The maximum Gasteiger partial charge on any atom is 0.228 e. The third kappa shape index (κ3) is 3.76. The minimum absolute atomic E-state index is 0.246. The lowest BCUT2D eigenvalue weighted by molar-refractivity contribution is -0.0806. The Balaban J connectivity index is 1.41. The number of likely N-dealkylation sites (tertiary alicyclic amines) is 1. The van der Waals surface area contributed by atoms with Crippen LogP contribution in [0.4, 0.5) is 15.3 Å². The highest BCUT2D eigenvalue weighted by molar-refractivity contribution is 7.11. The molecule has 3 aromatic rings. The van der Waals surface area contributed by atoms with E-state index in [4.69, 9.17) is 27.9 Å². The number of nitrogens with zero attached hydrogens (tertiary/aromatic N) is 4. The molecule has 1 aromatic carbocycles. The number of anilines is 2. The van der Waals surface area contributed by atoms with Crippen molar-refractivity contribution in [2.45, 2.75) is 31.5 Å². The second-order valence-corrected chi connectivity index (χ2v) is 9.32. The minimum atomic E-state index is -0.979. The highest BCUT2D eigenvalue weighted by atomic mass is 35.5. The Bertz CT molecular complexity index is 1090. The Labute approximate surface area is 187 Å². The normalized spacial score (nSPS) is 22.9. The third-order valence-electron chi connectivity index (χ3n) is 5.82. The number of piperidine rings is 1. The van der Waals surface area contributed by atoms with Gasteiger partial charge in [-0.15, -0.1) is 0 Å². The summed E-state index contributed by atoms with van der Waals surface area (Å²) in [5, 5.41) is 5.73. The van der Waals surface area contributed by atoms with E-state index in [0.29, 0.717) is 52.3 Å². The van der Waals surface area contributed by atoms with Crippen molar-refractivity contribution in [2.75, 3.05) is 31.6 Å². The second-order valence-electron chi connectivity index (χ2n) is 7.76. The van der Waals surface area contributed by atoms with E-state index in [-0.39, 0.29) is 5.92 Å². The topological polar surface area (TPSA) is 63.2 Å². The van der Waals surface area contributed by atoms with E-state index in [0.717, 1.165) is 29.6 Å². The van der Waals surface area contributed by atoms with Gasteiger partial charge in [0.25, 0.3) is 0 Å². The number of rotatable bonds is 4. The summed E-state index contributed by atoms with van der Waals surface area (Å²) in [5.74, 6) is 0.169. The van der Waals surface area contributed by atoms with Gasteiger partial charge in [-0.3, -0.25) is 4.90 Å². The van der Waals surface area contributed by atoms with Crippen LogP contribution in [0.1, 0.15) is 23.6 Å². The number of aromatic nitrogens is 3. The third-order valence-corrected chi connectivity index (χ3v) is 7.58. The zero-order valence-electron chi connectivity index (χ0n) is 16.2. The van der Waals surface area contributed by atoms with Crippen LogP contribution in [0, 0.1) is 6.92 Å². The Morgan fingerprint density at radius 2 is 2.13 bits per heavy atom. The lowest BCUT2D eigenvalue weighted by Crippen LogP contribution is -2.54. The standard InChI is InChI=1S/C20H20Cl2FN5OS/c1-10-18(22)19(30-27-10)26-20-24-6-11-4-15(21)14(5-17(11)25-20)13-2-3-28(7-16(13)23)12-8-29-9-12/h4-6,12-13,16H,2-3,7-9H2,1H3,(H,24,25,26)/t13-,16+/m0/s1. The number of alkyl halides is 1. The molecular weight excluding hydrogens is 448 g/mol. The Morgan fingerprint density at radius 1 is 1.30 bits per heavy atom. The maximum atomic E-state index is 15.1. The second kappa shape index (κ2) is 8.16. The Hall–Kier alpha value is -1.58. The van der Waals surface area contributed by atoms with Crippen molar-refractivity contribution in [3.8, 4) is 0 Å². The predicted molar refractivity (Wildman–Crippen MR) is 118 cm³/mol. The molecule has 0 saturated carbocycles. The molecule has 0 unspecified atom stereocenters. The highest BCUT2D eigenvalue weighted by Gasteiger charge is 2.36. The fourth-order valence-electron chi connectivity index (χ4n) is 3.99. The van der Waals surface area contributed by atoms with E-state index in [9.17, 15) is 0 Å². The number of aryl methyl sites for hydroxylation is 1. The fourth-order valence-corrected chi connectivity index (χ4v) is 5.23. The SMILES string of the molecule is Cc1nsc(Nc2ncc3cc(Cl)c([C@@H]4CCN(C5COC5)C[C@H]4F)cc3n2)c1Cl. The first-order valence-electron chi connectivity index (χ1n) is 9.80. The van der Waals surface area contributed by atoms with Crippen LogP contribution in [0.15, 0.2) is 18.3 Å². The van der Waals surface area contributed by atoms with Gasteiger partial charge >= 0.3 is 0 Å². The Morgan fingerprint density at radius 3 is 2.80 bits per heavy atom. The molecule has 158 valence electrons. The molecule has 30 heavy (non-hydrogen) atoms. The summed E-state index contributed by atoms with van der Waals surface area (Å²) in [6.45, 7) is 4.49. The van der Waals surface area contributed by atoms with Gasteiger partial charge in [-0.25, -0.2) is 14.4 Å². The minimum Gasteiger partial charge on any atom is -0.378 e. The van der Waals surface area contributed by atoms with Gasteiger partial charge in [0.15, 0.2) is 0 Å². The number of benzene rings is 1. The molecule has 2 aliphatic rings. The van der Waals surface area contributed by atoms with Gasteiger partial charge in [0, 0.05) is 29.1 Å². The van der Waals surface area contributed by atoms with E-state index >= 15 is 4.39 Å². The van der Waals surface area contributed by atoms with Gasteiger partial charge in [0.1, 0.15) is 11.2 Å². The number of hydrogen-bond acceptors (Lipinski definition) is 7. The summed E-state index contributed by atoms with van der Waals surface area (Å²) in [6, 6.07) is 4.06. The molecule has 6 nitrogen and oxygen atoms in total. The van der Waals surface area contributed by atoms with Gasteiger partial charge < -0.3 is 10.1 Å². The zero-order valence-corrected chi connectivity index (χ0v) is 18.6. The first-order chi connectivity index (χ1) is 14.5. The molecule has 0 radical (unpaired) electrons. The van der Waals surface area contributed by atoms with Gasteiger partial charge in [-0.05, 0) is 49.1 Å². The van der Waals surface area contributed by atoms with Crippen LogP contribution in [0.3, 0.4) is 0 Å². The van der Waals surface area contributed by atoms with Crippen molar-refractivity contribution in [2.24, 2.45) is 0 Å². The summed E-state index contributed by atoms with van der Waals surface area (Å²) < 4.78 is 24.6. The van der Waals surface area contributed by atoms with E-state index in [1.807, 2.05) is 19.1 Å². The lowest BCUT2D eigenvalue weighted by atomic mass is 9.86. The summed E-state index contributed by atoms with van der Waals surface area (Å²) >= 11 is 14.0. The maximum absolute atomic E-state index is 15.1. The fraction of sp³-hybridized carbons (Fsp3) is 0.450. The molecule has 4 heterocycles. The number of nitrogens with one attached hydrogen (secondary N) is 1. The number of fused-ring (bicyclic) bond motifs is 1. The van der Waals surface area contributed by atoms with Crippen molar-refractivity contribution in [3.63, 3.8) is 0 Å². The van der Waals surface area contributed by atoms with E-state index < -0.39 is 6.17 Å². The van der Waals surface area contributed by atoms with Crippen LogP contribution in [0.5, 0.6) is 0 Å². The Kier molecular flexibility index (Phi) is 5.53. The van der Waals surface area contributed by atoms with Gasteiger partial charge in [-0.2, -0.15) is 4.37 Å². The molecule has 0 amide bonds. The van der Waals surface area contributed by atoms with Crippen LogP contribution in [0.25, 0.3) is 10.9 Å².